The SMILES string of the molecule is CC(C)C(=O)c1cc(Cc2ccccc2)oc1C(C)C. The van der Waals surface area contributed by atoms with Crippen LogP contribution in [0.25, 0.3) is 0 Å². The van der Waals surface area contributed by atoms with Gasteiger partial charge in [0.25, 0.3) is 0 Å². The van der Waals surface area contributed by atoms with Gasteiger partial charge in [-0.25, -0.2) is 0 Å². The van der Waals surface area contributed by atoms with Crippen LogP contribution in [0.4, 0.5) is 0 Å². The first-order valence-electron chi connectivity index (χ1n) is 7.19. The number of Topliss-reactive ketones (excluding diaryl/α,β-unsaturated/α-hetero) is 1. The molecule has 0 saturated heterocycles. The Morgan fingerprint density at radius 3 is 2.30 bits per heavy atom. The molecule has 0 amide bonds. The van der Waals surface area contributed by atoms with E-state index in [0.29, 0.717) is 0 Å². The van der Waals surface area contributed by atoms with Gasteiger partial charge in [0, 0.05) is 18.3 Å². The molecule has 20 heavy (non-hydrogen) atoms. The van der Waals surface area contributed by atoms with E-state index >= 15 is 0 Å². The van der Waals surface area contributed by atoms with Gasteiger partial charge in [-0.2, -0.15) is 0 Å². The number of carbonyl (C=O) groups is 1. The standard InChI is InChI=1S/C18H22O2/c1-12(2)17(19)16-11-15(20-18(16)13(3)4)10-14-8-6-5-7-9-14/h5-9,11-13H,10H2,1-4H3. The van der Waals surface area contributed by atoms with Crippen LogP contribution < -0.4 is 0 Å². The highest BCUT2D eigenvalue weighted by molar-refractivity contribution is 5.98. The van der Waals surface area contributed by atoms with E-state index in [1.54, 1.807) is 0 Å². The molecule has 106 valence electrons. The van der Waals surface area contributed by atoms with Crippen molar-refractivity contribution in [2.24, 2.45) is 5.92 Å². The van der Waals surface area contributed by atoms with Crippen LogP contribution in [0, 0.1) is 5.92 Å². The van der Waals surface area contributed by atoms with Crippen molar-refractivity contribution in [3.8, 4) is 0 Å². The molecule has 2 aromatic rings. The zero-order chi connectivity index (χ0) is 14.7. The topological polar surface area (TPSA) is 30.2 Å². The summed E-state index contributed by atoms with van der Waals surface area (Å²) in [6.45, 7) is 7.97. The molecule has 2 rings (SSSR count). The van der Waals surface area contributed by atoms with Crippen LogP contribution >= 0.6 is 0 Å². The van der Waals surface area contributed by atoms with E-state index in [1.165, 1.54) is 5.56 Å². The van der Waals surface area contributed by atoms with Crippen LogP contribution in [0.1, 0.15) is 61.1 Å². The van der Waals surface area contributed by atoms with E-state index in [9.17, 15) is 4.79 Å². The third-order valence-corrected chi connectivity index (χ3v) is 3.35. The minimum absolute atomic E-state index is 0.00493. The molecule has 0 fully saturated rings. The maximum Gasteiger partial charge on any atom is 0.168 e. The molecule has 2 heteroatoms. The molecule has 0 radical (unpaired) electrons. The third kappa shape index (κ3) is 3.19. The first-order valence-corrected chi connectivity index (χ1v) is 7.19. The zero-order valence-corrected chi connectivity index (χ0v) is 12.6. The minimum Gasteiger partial charge on any atom is -0.465 e. The highest BCUT2D eigenvalue weighted by Crippen LogP contribution is 2.27. The fraction of sp³-hybridized carbons (Fsp3) is 0.389. The summed E-state index contributed by atoms with van der Waals surface area (Å²) >= 11 is 0. The summed E-state index contributed by atoms with van der Waals surface area (Å²) in [5.41, 5.74) is 1.95. The average molecular weight is 270 g/mol. The molecular formula is C18H22O2. The van der Waals surface area contributed by atoms with Gasteiger partial charge < -0.3 is 4.42 Å². The lowest BCUT2D eigenvalue weighted by atomic mass is 9.97. The van der Waals surface area contributed by atoms with Gasteiger partial charge in [0.05, 0.1) is 5.56 Å². The molecule has 0 unspecified atom stereocenters. The van der Waals surface area contributed by atoms with Crippen molar-refractivity contribution < 1.29 is 9.21 Å². The van der Waals surface area contributed by atoms with Gasteiger partial charge in [0.2, 0.25) is 0 Å². The molecule has 0 bridgehead atoms. The lowest BCUT2D eigenvalue weighted by Gasteiger charge is -2.06. The van der Waals surface area contributed by atoms with Crippen LogP contribution in [0.15, 0.2) is 40.8 Å². The van der Waals surface area contributed by atoms with Crippen molar-refractivity contribution >= 4 is 5.78 Å². The Hall–Kier alpha value is -1.83. The zero-order valence-electron chi connectivity index (χ0n) is 12.6. The van der Waals surface area contributed by atoms with Gasteiger partial charge in [-0.3, -0.25) is 4.79 Å². The van der Waals surface area contributed by atoms with Crippen LogP contribution in [-0.4, -0.2) is 5.78 Å². The van der Waals surface area contributed by atoms with Crippen molar-refractivity contribution in [3.05, 3.63) is 59.0 Å². The number of hydrogen-bond acceptors (Lipinski definition) is 2. The van der Waals surface area contributed by atoms with Gasteiger partial charge >= 0.3 is 0 Å². The summed E-state index contributed by atoms with van der Waals surface area (Å²) in [6.07, 6.45) is 0.728. The first-order chi connectivity index (χ1) is 9.49. The Labute approximate surface area is 120 Å². The summed E-state index contributed by atoms with van der Waals surface area (Å²) in [5, 5.41) is 0. The smallest absolute Gasteiger partial charge is 0.168 e. The van der Waals surface area contributed by atoms with E-state index in [4.69, 9.17) is 4.42 Å². The van der Waals surface area contributed by atoms with Crippen LogP contribution in [-0.2, 0) is 6.42 Å². The largest absolute Gasteiger partial charge is 0.465 e. The van der Waals surface area contributed by atoms with Crippen LogP contribution in [0.3, 0.4) is 0 Å². The van der Waals surface area contributed by atoms with Crippen molar-refractivity contribution in [3.63, 3.8) is 0 Å². The summed E-state index contributed by atoms with van der Waals surface area (Å²) in [6, 6.07) is 12.1. The molecule has 0 spiro atoms. The van der Waals surface area contributed by atoms with Crippen molar-refractivity contribution in [2.75, 3.05) is 0 Å². The second kappa shape index (κ2) is 6.08. The van der Waals surface area contributed by atoms with E-state index in [2.05, 4.69) is 26.0 Å². The van der Waals surface area contributed by atoms with Gasteiger partial charge in [-0.15, -0.1) is 0 Å². The number of rotatable bonds is 5. The maximum atomic E-state index is 12.3. The quantitative estimate of drug-likeness (QED) is 0.728. The van der Waals surface area contributed by atoms with E-state index in [-0.39, 0.29) is 17.6 Å². The summed E-state index contributed by atoms with van der Waals surface area (Å²) in [7, 11) is 0. The van der Waals surface area contributed by atoms with Crippen LogP contribution in [0.5, 0.6) is 0 Å². The molecule has 0 aliphatic heterocycles. The fourth-order valence-electron chi connectivity index (χ4n) is 2.27. The lowest BCUT2D eigenvalue weighted by Crippen LogP contribution is -2.09. The second-order valence-electron chi connectivity index (χ2n) is 5.83. The number of ketones is 1. The van der Waals surface area contributed by atoms with Crippen LogP contribution in [0.2, 0.25) is 0 Å². The molecule has 1 heterocycles. The maximum absolute atomic E-state index is 12.3. The third-order valence-electron chi connectivity index (χ3n) is 3.35. The molecule has 1 aromatic carbocycles. The number of hydrogen-bond donors (Lipinski definition) is 0. The molecule has 1 aromatic heterocycles. The lowest BCUT2D eigenvalue weighted by molar-refractivity contribution is 0.0937. The molecule has 2 nitrogen and oxygen atoms in total. The number of benzene rings is 1. The summed E-state index contributed by atoms with van der Waals surface area (Å²) in [4.78, 5) is 12.3. The Morgan fingerprint density at radius 2 is 1.75 bits per heavy atom. The Morgan fingerprint density at radius 1 is 1.10 bits per heavy atom. The monoisotopic (exact) mass is 270 g/mol. The van der Waals surface area contributed by atoms with Gasteiger partial charge in [-0.1, -0.05) is 58.0 Å². The minimum atomic E-state index is -0.00493. The molecule has 0 aliphatic carbocycles. The van der Waals surface area contributed by atoms with E-state index in [0.717, 1.165) is 23.5 Å². The molecule has 0 aliphatic rings. The van der Waals surface area contributed by atoms with E-state index < -0.39 is 0 Å². The second-order valence-corrected chi connectivity index (χ2v) is 5.83. The predicted molar refractivity (Wildman–Crippen MR) is 81.2 cm³/mol. The first kappa shape index (κ1) is 14.6. The van der Waals surface area contributed by atoms with Gasteiger partial charge in [0.1, 0.15) is 11.5 Å². The fourth-order valence-corrected chi connectivity index (χ4v) is 2.27. The average Bonchev–Trinajstić information content (AvgIpc) is 2.83. The normalized spacial score (nSPS) is 11.3. The van der Waals surface area contributed by atoms with Crippen molar-refractivity contribution in [2.45, 2.75) is 40.0 Å². The van der Waals surface area contributed by atoms with Crippen molar-refractivity contribution in [1.29, 1.82) is 0 Å². The van der Waals surface area contributed by atoms with Gasteiger partial charge in [0.15, 0.2) is 5.78 Å². The van der Waals surface area contributed by atoms with Gasteiger partial charge in [-0.05, 0) is 11.6 Å². The summed E-state index contributed by atoms with van der Waals surface area (Å²) in [5.74, 6) is 2.06. The molecule has 0 saturated carbocycles. The Bertz CT molecular complexity index is 577. The number of furan rings is 1. The molecule has 0 atom stereocenters. The summed E-state index contributed by atoms with van der Waals surface area (Å²) < 4.78 is 5.93. The molecule has 0 N–H and O–H groups in total. The Balaban J connectivity index is 2.32. The van der Waals surface area contributed by atoms with E-state index in [1.807, 2.05) is 38.1 Å². The van der Waals surface area contributed by atoms with Crippen molar-refractivity contribution in [1.82, 2.24) is 0 Å². The highest BCUT2D eigenvalue weighted by Gasteiger charge is 2.22. The molecular weight excluding hydrogens is 248 g/mol. The Kier molecular flexibility index (Phi) is 4.43. The predicted octanol–water partition coefficient (Wildman–Crippen LogP) is 4.83. The number of carbonyl (C=O) groups excluding carboxylic acids is 1. The highest BCUT2D eigenvalue weighted by atomic mass is 16.3.